The molecule has 1 atom stereocenters. The molecule has 2 aliphatic rings. The van der Waals surface area contributed by atoms with Crippen LogP contribution in [0.4, 0.5) is 0 Å². The molecule has 5 rings (SSSR count). The summed E-state index contributed by atoms with van der Waals surface area (Å²) in [6.07, 6.45) is 1.68. The Morgan fingerprint density at radius 2 is 1.86 bits per heavy atom. The molecule has 3 heterocycles. The van der Waals surface area contributed by atoms with Crippen molar-refractivity contribution in [1.82, 2.24) is 4.90 Å². The van der Waals surface area contributed by atoms with Crippen LogP contribution in [0.5, 0.6) is 0 Å². The Morgan fingerprint density at radius 3 is 2.57 bits per heavy atom. The topological polar surface area (TPSA) is 98.4 Å². The summed E-state index contributed by atoms with van der Waals surface area (Å²) in [6.45, 7) is 0.499. The van der Waals surface area contributed by atoms with Crippen LogP contribution in [-0.4, -0.2) is 39.3 Å². The smallest absolute Gasteiger partial charge is 0.358 e. The molecule has 2 aromatic carbocycles. The second-order valence-corrected chi connectivity index (χ2v) is 9.81. The molecule has 1 N–H and O–H groups in total. The Bertz CT molecular complexity index is 1410. The van der Waals surface area contributed by atoms with Crippen LogP contribution in [0.2, 0.25) is 0 Å². The van der Waals surface area contributed by atoms with E-state index in [0.29, 0.717) is 38.6 Å². The highest BCUT2D eigenvalue weighted by Crippen LogP contribution is 2.34. The van der Waals surface area contributed by atoms with E-state index in [1.54, 1.807) is 54.3 Å². The van der Waals surface area contributed by atoms with E-state index in [1.165, 1.54) is 11.8 Å². The fraction of sp³-hybridized carbons (Fsp3) is 0.148. The van der Waals surface area contributed by atoms with Crippen LogP contribution in [0, 0.1) is 0 Å². The Balaban J connectivity index is 1.22. The van der Waals surface area contributed by atoms with E-state index in [2.05, 4.69) is 0 Å². The second kappa shape index (κ2) is 10.6. The van der Waals surface area contributed by atoms with Gasteiger partial charge in [0.25, 0.3) is 5.91 Å². The van der Waals surface area contributed by atoms with Gasteiger partial charge in [0.15, 0.2) is 12.4 Å². The normalized spacial score (nSPS) is 18.4. The van der Waals surface area contributed by atoms with Crippen molar-refractivity contribution in [3.8, 4) is 11.3 Å². The molecular formula is C27H21NO7S2. The third kappa shape index (κ3) is 5.61. The molecule has 0 spiro atoms. The van der Waals surface area contributed by atoms with Crippen molar-refractivity contribution in [2.24, 2.45) is 0 Å². The van der Waals surface area contributed by atoms with Crippen molar-refractivity contribution in [3.63, 3.8) is 0 Å². The van der Waals surface area contributed by atoms with Crippen molar-refractivity contribution < 1.29 is 33.3 Å². The van der Waals surface area contributed by atoms with E-state index in [0.717, 1.165) is 11.1 Å². The van der Waals surface area contributed by atoms with Crippen molar-refractivity contribution in [2.45, 2.75) is 19.9 Å². The molecule has 1 saturated heterocycles. The first kappa shape index (κ1) is 24.8. The standard InChI is InChI=1S/C27H21NO7S2/c1-16-22(35-27(31)33-16)15-32-25(30)19-9-7-18(8-10-19)21-12-11-20(34-21)13-23-24(29)28(26(36)37-23)14-17-5-3-2-4-6-17/h2-13,27,31H,14-15H2,1H3/b23-13+. The second-order valence-electron chi connectivity index (χ2n) is 8.13. The predicted molar refractivity (Wildman–Crippen MR) is 140 cm³/mol. The molecule has 0 aliphatic carbocycles. The monoisotopic (exact) mass is 535 g/mol. The maximum absolute atomic E-state index is 12.9. The highest BCUT2D eigenvalue weighted by Gasteiger charge is 2.32. The molecular weight excluding hydrogens is 514 g/mol. The van der Waals surface area contributed by atoms with Crippen LogP contribution < -0.4 is 0 Å². The van der Waals surface area contributed by atoms with Crippen molar-refractivity contribution >= 4 is 46.3 Å². The minimum atomic E-state index is -1.38. The van der Waals surface area contributed by atoms with Gasteiger partial charge < -0.3 is 23.7 Å². The Hall–Kier alpha value is -3.86. The number of aliphatic hydroxyl groups is 1. The highest BCUT2D eigenvalue weighted by molar-refractivity contribution is 8.26. The van der Waals surface area contributed by atoms with Gasteiger partial charge in [0.1, 0.15) is 21.6 Å². The number of thiocarbonyl (C=S) groups is 1. The molecule has 188 valence electrons. The summed E-state index contributed by atoms with van der Waals surface area (Å²) in [4.78, 5) is 27.3. The van der Waals surface area contributed by atoms with Gasteiger partial charge in [-0.2, -0.15) is 0 Å². The average Bonchev–Trinajstić information content (AvgIpc) is 3.57. The van der Waals surface area contributed by atoms with Gasteiger partial charge in [0.05, 0.1) is 17.0 Å². The lowest BCUT2D eigenvalue weighted by atomic mass is 10.1. The molecule has 1 amide bonds. The van der Waals surface area contributed by atoms with Gasteiger partial charge in [-0.1, -0.05) is 66.4 Å². The Kier molecular flexibility index (Phi) is 7.13. The number of thioether (sulfide) groups is 1. The summed E-state index contributed by atoms with van der Waals surface area (Å²) in [7, 11) is 0. The van der Waals surface area contributed by atoms with Crippen molar-refractivity contribution in [3.05, 3.63) is 100 Å². The Morgan fingerprint density at radius 1 is 1.11 bits per heavy atom. The van der Waals surface area contributed by atoms with Gasteiger partial charge >= 0.3 is 12.4 Å². The minimum Gasteiger partial charge on any atom is -0.457 e. The average molecular weight is 536 g/mol. The van der Waals surface area contributed by atoms with Crippen LogP contribution in [0.15, 0.2) is 87.6 Å². The van der Waals surface area contributed by atoms with E-state index >= 15 is 0 Å². The van der Waals surface area contributed by atoms with E-state index < -0.39 is 12.4 Å². The first-order chi connectivity index (χ1) is 17.9. The number of aliphatic hydroxyl groups excluding tert-OH is 1. The fourth-order valence-corrected chi connectivity index (χ4v) is 4.92. The van der Waals surface area contributed by atoms with E-state index in [4.69, 9.17) is 30.8 Å². The van der Waals surface area contributed by atoms with Gasteiger partial charge in [0.2, 0.25) is 0 Å². The molecule has 0 bridgehead atoms. The number of amides is 1. The lowest BCUT2D eigenvalue weighted by Crippen LogP contribution is -2.27. The predicted octanol–water partition coefficient (Wildman–Crippen LogP) is 5.06. The summed E-state index contributed by atoms with van der Waals surface area (Å²) in [5.74, 6) is 1.02. The molecule has 37 heavy (non-hydrogen) atoms. The van der Waals surface area contributed by atoms with Crippen LogP contribution >= 0.6 is 24.0 Å². The first-order valence-electron chi connectivity index (χ1n) is 11.3. The first-order valence-corrected chi connectivity index (χ1v) is 12.5. The van der Waals surface area contributed by atoms with E-state index in [-0.39, 0.29) is 18.3 Å². The van der Waals surface area contributed by atoms with Gasteiger partial charge in [-0.3, -0.25) is 9.69 Å². The number of hydrogen-bond donors (Lipinski definition) is 1. The van der Waals surface area contributed by atoms with Crippen LogP contribution in [-0.2, 0) is 25.5 Å². The molecule has 3 aromatic rings. The SMILES string of the molecule is CC1=C(COC(=O)c2ccc(-c3ccc(/C=C4/SC(=S)N(Cc5ccccc5)C4=O)o3)cc2)OC(O)O1. The zero-order chi connectivity index (χ0) is 25.9. The van der Waals surface area contributed by atoms with Crippen LogP contribution in [0.25, 0.3) is 17.4 Å². The summed E-state index contributed by atoms with van der Waals surface area (Å²) in [5.41, 5.74) is 2.09. The zero-order valence-electron chi connectivity index (χ0n) is 19.6. The van der Waals surface area contributed by atoms with Gasteiger partial charge in [-0.15, -0.1) is 0 Å². The molecule has 8 nitrogen and oxygen atoms in total. The Labute approximate surface area is 222 Å². The highest BCUT2D eigenvalue weighted by atomic mass is 32.2. The number of carbonyl (C=O) groups excluding carboxylic acids is 2. The van der Waals surface area contributed by atoms with Gasteiger partial charge in [0, 0.05) is 11.6 Å². The minimum absolute atomic E-state index is 0.150. The van der Waals surface area contributed by atoms with E-state index in [9.17, 15) is 14.7 Å². The fourth-order valence-electron chi connectivity index (χ4n) is 3.68. The molecule has 1 aromatic heterocycles. The maximum atomic E-state index is 12.9. The summed E-state index contributed by atoms with van der Waals surface area (Å²) >= 11 is 6.66. The molecule has 1 unspecified atom stereocenters. The van der Waals surface area contributed by atoms with Gasteiger partial charge in [-0.05, 0) is 36.8 Å². The van der Waals surface area contributed by atoms with Crippen LogP contribution in [0.1, 0.15) is 28.6 Å². The van der Waals surface area contributed by atoms with Crippen molar-refractivity contribution in [2.75, 3.05) is 6.61 Å². The maximum Gasteiger partial charge on any atom is 0.358 e. The lowest BCUT2D eigenvalue weighted by Gasteiger charge is -2.14. The van der Waals surface area contributed by atoms with Gasteiger partial charge in [-0.25, -0.2) is 4.79 Å². The molecule has 0 radical (unpaired) electrons. The number of benzene rings is 2. The summed E-state index contributed by atoms with van der Waals surface area (Å²) in [6, 6.07) is 20.0. The number of esters is 1. The van der Waals surface area contributed by atoms with E-state index in [1.807, 2.05) is 30.3 Å². The third-order valence-corrected chi connectivity index (χ3v) is 6.99. The largest absolute Gasteiger partial charge is 0.457 e. The number of hydrogen-bond acceptors (Lipinski definition) is 9. The number of allylic oxidation sites excluding steroid dienone is 1. The molecule has 10 heteroatoms. The number of rotatable bonds is 7. The molecule has 1 fully saturated rings. The number of nitrogens with zero attached hydrogens (tertiary/aromatic N) is 1. The quantitative estimate of drug-likeness (QED) is 0.253. The number of ether oxygens (including phenoxy) is 3. The zero-order valence-corrected chi connectivity index (χ0v) is 21.2. The summed E-state index contributed by atoms with van der Waals surface area (Å²) in [5, 5.41) is 9.30. The van der Waals surface area contributed by atoms with Crippen molar-refractivity contribution in [1.29, 1.82) is 0 Å². The summed E-state index contributed by atoms with van der Waals surface area (Å²) < 4.78 is 21.6. The molecule has 0 saturated carbocycles. The number of furan rings is 1. The number of carbonyl (C=O) groups is 2. The third-order valence-electron chi connectivity index (χ3n) is 5.61. The molecule has 2 aliphatic heterocycles. The van der Waals surface area contributed by atoms with Crippen LogP contribution in [0.3, 0.4) is 0 Å². The lowest BCUT2D eigenvalue weighted by molar-refractivity contribution is -0.194.